The van der Waals surface area contributed by atoms with Gasteiger partial charge in [-0.3, -0.25) is 5.32 Å². The van der Waals surface area contributed by atoms with Gasteiger partial charge in [0, 0.05) is 6.42 Å². The van der Waals surface area contributed by atoms with E-state index in [0.29, 0.717) is 0 Å². The minimum absolute atomic E-state index is 0.220. The number of hydrogen-bond acceptors (Lipinski definition) is 3. The van der Waals surface area contributed by atoms with Crippen molar-refractivity contribution in [3.8, 4) is 6.07 Å². The second-order valence-electron chi connectivity index (χ2n) is 4.82. The molecule has 1 aliphatic heterocycles. The summed E-state index contributed by atoms with van der Waals surface area (Å²) in [4.78, 5) is 0. The Balaban J connectivity index is 3.07. The summed E-state index contributed by atoms with van der Waals surface area (Å²) < 4.78 is 5.85. The van der Waals surface area contributed by atoms with Crippen LogP contribution in [0.3, 0.4) is 0 Å². The molecule has 0 bridgehead atoms. The third-order valence-electron chi connectivity index (χ3n) is 2.87. The molecule has 3 heteroatoms. The molecule has 74 valence electrons. The molecular formula is C10H18N2O. The van der Waals surface area contributed by atoms with Gasteiger partial charge < -0.3 is 4.74 Å². The fourth-order valence-electron chi connectivity index (χ4n) is 2.28. The lowest BCUT2D eigenvalue weighted by Crippen LogP contribution is -2.54. The molecule has 1 saturated heterocycles. The van der Waals surface area contributed by atoms with Crippen LogP contribution < -0.4 is 5.32 Å². The second kappa shape index (κ2) is 2.70. The molecule has 1 unspecified atom stereocenters. The van der Waals surface area contributed by atoms with Gasteiger partial charge in [0.2, 0.25) is 0 Å². The van der Waals surface area contributed by atoms with Crippen LogP contribution in [0.15, 0.2) is 0 Å². The van der Waals surface area contributed by atoms with Gasteiger partial charge in [0.15, 0.2) is 0 Å². The molecule has 0 aromatic rings. The molecule has 0 radical (unpaired) electrons. The maximum atomic E-state index is 9.19. The first kappa shape index (κ1) is 10.5. The third-order valence-corrected chi connectivity index (χ3v) is 2.87. The summed E-state index contributed by atoms with van der Waals surface area (Å²) in [5, 5.41) is 12.3. The Bertz CT molecular complexity index is 252. The van der Waals surface area contributed by atoms with E-state index < -0.39 is 11.1 Å². The molecule has 1 aliphatic rings. The van der Waals surface area contributed by atoms with Crippen LogP contribution in [-0.2, 0) is 4.74 Å². The van der Waals surface area contributed by atoms with E-state index in [9.17, 15) is 5.26 Å². The van der Waals surface area contributed by atoms with Crippen LogP contribution in [0, 0.1) is 11.3 Å². The summed E-state index contributed by atoms with van der Waals surface area (Å²) in [6.07, 6.45) is 0.722. The van der Waals surface area contributed by atoms with Crippen molar-refractivity contribution in [2.45, 2.75) is 50.9 Å². The van der Waals surface area contributed by atoms with Crippen molar-refractivity contribution < 1.29 is 4.74 Å². The molecule has 0 aromatic heterocycles. The molecule has 3 nitrogen and oxygen atoms in total. The van der Waals surface area contributed by atoms with Gasteiger partial charge in [-0.15, -0.1) is 0 Å². The average molecular weight is 182 g/mol. The Labute approximate surface area is 80.1 Å². The van der Waals surface area contributed by atoms with E-state index >= 15 is 0 Å². The summed E-state index contributed by atoms with van der Waals surface area (Å²) >= 11 is 0. The highest BCUT2D eigenvalue weighted by atomic mass is 16.5. The molecule has 0 saturated carbocycles. The highest BCUT2D eigenvalue weighted by Gasteiger charge is 2.57. The summed E-state index contributed by atoms with van der Waals surface area (Å²) in [6, 6.07) is 2.34. The van der Waals surface area contributed by atoms with Crippen molar-refractivity contribution in [2.24, 2.45) is 0 Å². The number of hydrogen-bond donors (Lipinski definition) is 1. The molecular weight excluding hydrogens is 164 g/mol. The monoisotopic (exact) mass is 182 g/mol. The Morgan fingerprint density at radius 3 is 2.00 bits per heavy atom. The predicted octanol–water partition coefficient (Wildman–Crippen LogP) is 1.45. The zero-order valence-corrected chi connectivity index (χ0v) is 9.06. The maximum absolute atomic E-state index is 9.19. The fraction of sp³-hybridized carbons (Fsp3) is 0.900. The van der Waals surface area contributed by atoms with E-state index in [2.05, 4.69) is 11.4 Å². The van der Waals surface area contributed by atoms with Crippen molar-refractivity contribution in [1.29, 1.82) is 5.26 Å². The van der Waals surface area contributed by atoms with Crippen LogP contribution in [0.25, 0.3) is 0 Å². The summed E-state index contributed by atoms with van der Waals surface area (Å²) in [5.74, 6) is 0. The van der Waals surface area contributed by atoms with E-state index in [-0.39, 0.29) is 5.60 Å². The minimum Gasteiger partial charge on any atom is -0.367 e. The van der Waals surface area contributed by atoms with Crippen molar-refractivity contribution in [3.05, 3.63) is 0 Å². The summed E-state index contributed by atoms with van der Waals surface area (Å²) in [7, 11) is 1.82. The Morgan fingerprint density at radius 1 is 1.31 bits per heavy atom. The topological polar surface area (TPSA) is 45.0 Å². The van der Waals surface area contributed by atoms with Crippen LogP contribution in [0.1, 0.15) is 34.1 Å². The van der Waals surface area contributed by atoms with Crippen LogP contribution in [0.2, 0.25) is 0 Å². The molecule has 0 spiro atoms. The van der Waals surface area contributed by atoms with Crippen molar-refractivity contribution >= 4 is 0 Å². The fourth-order valence-corrected chi connectivity index (χ4v) is 2.28. The lowest BCUT2D eigenvalue weighted by molar-refractivity contribution is -0.0759. The Morgan fingerprint density at radius 2 is 1.85 bits per heavy atom. The highest BCUT2D eigenvalue weighted by Crippen LogP contribution is 2.44. The third kappa shape index (κ3) is 1.45. The zero-order valence-electron chi connectivity index (χ0n) is 9.06. The molecule has 0 aliphatic carbocycles. The number of ether oxygens (including phenoxy) is 1. The highest BCUT2D eigenvalue weighted by molar-refractivity contribution is 5.22. The van der Waals surface area contributed by atoms with Gasteiger partial charge >= 0.3 is 0 Å². The molecule has 1 heterocycles. The van der Waals surface area contributed by atoms with Crippen molar-refractivity contribution in [3.63, 3.8) is 0 Å². The summed E-state index contributed by atoms with van der Waals surface area (Å²) in [5.41, 5.74) is -1.21. The van der Waals surface area contributed by atoms with E-state index in [1.807, 2.05) is 34.7 Å². The number of likely N-dealkylation sites (N-methyl/N-ethyl adjacent to an activating group) is 1. The van der Waals surface area contributed by atoms with Crippen LogP contribution in [0.4, 0.5) is 0 Å². The van der Waals surface area contributed by atoms with Crippen LogP contribution in [-0.4, -0.2) is 23.8 Å². The van der Waals surface area contributed by atoms with Crippen LogP contribution >= 0.6 is 0 Å². The standard InChI is InChI=1S/C10H18N2O/c1-8(2)6-10(7-11,12-5)9(3,4)13-8/h12H,6H2,1-5H3. The predicted molar refractivity (Wildman–Crippen MR) is 51.3 cm³/mol. The van der Waals surface area contributed by atoms with Gasteiger partial charge in [-0.1, -0.05) is 0 Å². The van der Waals surface area contributed by atoms with Crippen molar-refractivity contribution in [1.82, 2.24) is 5.32 Å². The molecule has 13 heavy (non-hydrogen) atoms. The molecule has 1 rings (SSSR count). The van der Waals surface area contributed by atoms with E-state index in [1.54, 1.807) is 0 Å². The second-order valence-corrected chi connectivity index (χ2v) is 4.82. The lowest BCUT2D eigenvalue weighted by Gasteiger charge is -2.33. The Hall–Kier alpha value is -0.590. The van der Waals surface area contributed by atoms with Gasteiger partial charge in [-0.2, -0.15) is 5.26 Å². The lowest BCUT2D eigenvalue weighted by atomic mass is 9.80. The maximum Gasteiger partial charge on any atom is 0.137 e. The number of nitrogens with zero attached hydrogens (tertiary/aromatic N) is 1. The van der Waals surface area contributed by atoms with Crippen molar-refractivity contribution in [2.75, 3.05) is 7.05 Å². The normalized spacial score (nSPS) is 35.7. The average Bonchev–Trinajstić information content (AvgIpc) is 2.15. The molecule has 0 aromatic carbocycles. The van der Waals surface area contributed by atoms with E-state index in [4.69, 9.17) is 4.74 Å². The summed E-state index contributed by atoms with van der Waals surface area (Å²) in [6.45, 7) is 7.96. The smallest absolute Gasteiger partial charge is 0.137 e. The SMILES string of the molecule is CNC1(C#N)CC(C)(C)OC1(C)C. The van der Waals surface area contributed by atoms with Gasteiger partial charge in [0.1, 0.15) is 5.54 Å². The van der Waals surface area contributed by atoms with Gasteiger partial charge in [0.25, 0.3) is 0 Å². The first-order chi connectivity index (χ1) is 5.79. The molecule has 0 amide bonds. The van der Waals surface area contributed by atoms with Gasteiger partial charge in [0.05, 0.1) is 17.3 Å². The first-order valence-electron chi connectivity index (χ1n) is 4.59. The quantitative estimate of drug-likeness (QED) is 0.667. The van der Waals surface area contributed by atoms with E-state index in [0.717, 1.165) is 6.42 Å². The Kier molecular flexibility index (Phi) is 2.18. The zero-order chi connectivity index (χ0) is 10.3. The molecule has 1 N–H and O–H groups in total. The van der Waals surface area contributed by atoms with E-state index in [1.165, 1.54) is 0 Å². The molecule has 1 fully saturated rings. The molecule has 1 atom stereocenters. The van der Waals surface area contributed by atoms with Crippen LogP contribution in [0.5, 0.6) is 0 Å². The largest absolute Gasteiger partial charge is 0.367 e. The first-order valence-corrected chi connectivity index (χ1v) is 4.59. The van der Waals surface area contributed by atoms with Gasteiger partial charge in [-0.05, 0) is 34.7 Å². The van der Waals surface area contributed by atoms with Gasteiger partial charge in [-0.25, -0.2) is 0 Å². The minimum atomic E-state index is -0.559. The number of nitriles is 1. The number of rotatable bonds is 1. The number of nitrogens with one attached hydrogen (secondary N) is 1.